The molecule has 0 radical (unpaired) electrons. The topological polar surface area (TPSA) is 44.7 Å². The Kier molecular flexibility index (Phi) is 7.77. The van der Waals surface area contributed by atoms with Crippen molar-refractivity contribution < 1.29 is 9.84 Å². The molecular weight excluding hydrogens is 216 g/mol. The van der Waals surface area contributed by atoms with Crippen LogP contribution in [-0.4, -0.2) is 61.5 Å². The summed E-state index contributed by atoms with van der Waals surface area (Å²) in [5.74, 6) is 0. The van der Waals surface area contributed by atoms with E-state index in [0.29, 0.717) is 12.6 Å². The van der Waals surface area contributed by atoms with E-state index < -0.39 is 0 Å². The van der Waals surface area contributed by atoms with Crippen LogP contribution in [0.4, 0.5) is 0 Å². The molecule has 1 aliphatic heterocycles. The van der Waals surface area contributed by atoms with Crippen LogP contribution < -0.4 is 5.32 Å². The number of hydrogen-bond acceptors (Lipinski definition) is 4. The molecule has 0 bridgehead atoms. The number of likely N-dealkylation sites (tertiary alicyclic amines) is 1. The molecule has 102 valence electrons. The maximum absolute atomic E-state index is 9.90. The van der Waals surface area contributed by atoms with Gasteiger partial charge in [-0.3, -0.25) is 4.90 Å². The van der Waals surface area contributed by atoms with Gasteiger partial charge >= 0.3 is 0 Å². The highest BCUT2D eigenvalue weighted by molar-refractivity contribution is 4.76. The second-order valence-electron chi connectivity index (χ2n) is 4.84. The van der Waals surface area contributed by atoms with Crippen LogP contribution in [0.5, 0.6) is 0 Å². The Labute approximate surface area is 105 Å². The van der Waals surface area contributed by atoms with E-state index in [9.17, 15) is 5.11 Å². The Hall–Kier alpha value is -0.160. The molecule has 1 heterocycles. The lowest BCUT2D eigenvalue weighted by Crippen LogP contribution is -2.45. The number of aliphatic hydroxyl groups excluding tert-OH is 1. The quantitative estimate of drug-likeness (QED) is 0.621. The molecule has 0 aromatic heterocycles. The Morgan fingerprint density at radius 1 is 1.47 bits per heavy atom. The molecular formula is C13H28N2O2. The average Bonchev–Trinajstić information content (AvgIpc) is 2.30. The van der Waals surface area contributed by atoms with Crippen molar-refractivity contribution in [2.24, 2.45) is 0 Å². The van der Waals surface area contributed by atoms with Crippen LogP contribution in [0.15, 0.2) is 0 Å². The molecule has 2 N–H and O–H groups in total. The summed E-state index contributed by atoms with van der Waals surface area (Å²) in [5, 5.41) is 13.2. The maximum atomic E-state index is 9.90. The zero-order valence-corrected chi connectivity index (χ0v) is 11.3. The van der Waals surface area contributed by atoms with E-state index in [2.05, 4.69) is 17.1 Å². The standard InChI is InChI=1S/C13H28N2O2/c1-3-7-14-9-12(16)10-15-8-5-6-13(11-15)17-4-2/h12-14,16H,3-11H2,1-2H3. The minimum absolute atomic E-state index is 0.262. The Morgan fingerprint density at radius 3 is 3.00 bits per heavy atom. The molecule has 1 aliphatic rings. The Balaban J connectivity index is 2.16. The van der Waals surface area contributed by atoms with Crippen LogP contribution in [-0.2, 0) is 4.74 Å². The van der Waals surface area contributed by atoms with Crippen molar-refractivity contribution in [3.05, 3.63) is 0 Å². The van der Waals surface area contributed by atoms with Gasteiger partial charge in [0.2, 0.25) is 0 Å². The van der Waals surface area contributed by atoms with Crippen molar-refractivity contribution in [3.8, 4) is 0 Å². The second kappa shape index (κ2) is 8.86. The SMILES string of the molecule is CCCNCC(O)CN1CCCC(OCC)C1. The summed E-state index contributed by atoms with van der Waals surface area (Å²) in [6, 6.07) is 0. The van der Waals surface area contributed by atoms with Gasteiger partial charge in [0.05, 0.1) is 12.2 Å². The third-order valence-corrected chi connectivity index (χ3v) is 3.14. The van der Waals surface area contributed by atoms with Crippen molar-refractivity contribution in [2.75, 3.05) is 39.3 Å². The predicted molar refractivity (Wildman–Crippen MR) is 70.3 cm³/mol. The smallest absolute Gasteiger partial charge is 0.0791 e. The van der Waals surface area contributed by atoms with Gasteiger partial charge in [-0.1, -0.05) is 6.92 Å². The highest BCUT2D eigenvalue weighted by Crippen LogP contribution is 2.13. The molecule has 0 spiro atoms. The first-order valence-electron chi connectivity index (χ1n) is 6.99. The highest BCUT2D eigenvalue weighted by Gasteiger charge is 2.21. The van der Waals surface area contributed by atoms with Gasteiger partial charge in [-0.25, -0.2) is 0 Å². The van der Waals surface area contributed by atoms with Gasteiger partial charge in [0, 0.05) is 26.2 Å². The summed E-state index contributed by atoms with van der Waals surface area (Å²) in [5.41, 5.74) is 0. The molecule has 0 amide bonds. The fourth-order valence-electron chi connectivity index (χ4n) is 2.36. The summed E-state index contributed by atoms with van der Waals surface area (Å²) in [6.45, 7) is 9.48. The van der Waals surface area contributed by atoms with Crippen LogP contribution >= 0.6 is 0 Å². The van der Waals surface area contributed by atoms with Gasteiger partial charge < -0.3 is 15.2 Å². The van der Waals surface area contributed by atoms with Crippen molar-refractivity contribution in [3.63, 3.8) is 0 Å². The minimum Gasteiger partial charge on any atom is -0.390 e. The lowest BCUT2D eigenvalue weighted by Gasteiger charge is -2.33. The minimum atomic E-state index is -0.262. The molecule has 0 aromatic carbocycles. The van der Waals surface area contributed by atoms with E-state index >= 15 is 0 Å². The summed E-state index contributed by atoms with van der Waals surface area (Å²) in [4.78, 5) is 2.32. The summed E-state index contributed by atoms with van der Waals surface area (Å²) in [7, 11) is 0. The van der Waals surface area contributed by atoms with Crippen molar-refractivity contribution >= 4 is 0 Å². The molecule has 0 aliphatic carbocycles. The molecule has 1 fully saturated rings. The summed E-state index contributed by atoms with van der Waals surface area (Å²) in [6.07, 6.45) is 3.56. The van der Waals surface area contributed by atoms with Crippen LogP contribution in [0.2, 0.25) is 0 Å². The van der Waals surface area contributed by atoms with Gasteiger partial charge in [0.1, 0.15) is 0 Å². The third kappa shape index (κ3) is 6.36. The summed E-state index contributed by atoms with van der Waals surface area (Å²) >= 11 is 0. The third-order valence-electron chi connectivity index (χ3n) is 3.14. The van der Waals surface area contributed by atoms with E-state index in [1.807, 2.05) is 6.92 Å². The van der Waals surface area contributed by atoms with Gasteiger partial charge in [-0.2, -0.15) is 0 Å². The molecule has 0 aromatic rings. The fourth-order valence-corrected chi connectivity index (χ4v) is 2.36. The zero-order chi connectivity index (χ0) is 12.5. The van der Waals surface area contributed by atoms with Gasteiger partial charge in [-0.15, -0.1) is 0 Å². The number of nitrogens with zero attached hydrogens (tertiary/aromatic N) is 1. The van der Waals surface area contributed by atoms with Gasteiger partial charge in [-0.05, 0) is 39.3 Å². The Bertz CT molecular complexity index is 188. The van der Waals surface area contributed by atoms with Crippen molar-refractivity contribution in [1.29, 1.82) is 0 Å². The molecule has 2 unspecified atom stereocenters. The first-order valence-corrected chi connectivity index (χ1v) is 6.99. The molecule has 17 heavy (non-hydrogen) atoms. The molecule has 0 saturated carbocycles. The first-order chi connectivity index (χ1) is 8.26. The number of piperidine rings is 1. The molecule has 4 heteroatoms. The lowest BCUT2D eigenvalue weighted by molar-refractivity contribution is -0.00655. The lowest BCUT2D eigenvalue weighted by atomic mass is 10.1. The van der Waals surface area contributed by atoms with Crippen LogP contribution in [0.25, 0.3) is 0 Å². The van der Waals surface area contributed by atoms with Crippen molar-refractivity contribution in [2.45, 2.75) is 45.3 Å². The predicted octanol–water partition coefficient (Wildman–Crippen LogP) is 0.848. The second-order valence-corrected chi connectivity index (χ2v) is 4.84. The van der Waals surface area contributed by atoms with Gasteiger partial charge in [0.25, 0.3) is 0 Å². The summed E-state index contributed by atoms with van der Waals surface area (Å²) < 4.78 is 5.65. The van der Waals surface area contributed by atoms with Gasteiger partial charge in [0.15, 0.2) is 0 Å². The van der Waals surface area contributed by atoms with E-state index in [0.717, 1.165) is 45.6 Å². The van der Waals surface area contributed by atoms with Crippen LogP contribution in [0, 0.1) is 0 Å². The fraction of sp³-hybridized carbons (Fsp3) is 1.00. The zero-order valence-electron chi connectivity index (χ0n) is 11.3. The number of nitrogens with one attached hydrogen (secondary N) is 1. The van der Waals surface area contributed by atoms with E-state index in [4.69, 9.17) is 4.74 Å². The average molecular weight is 244 g/mol. The number of β-amino-alcohol motifs (C(OH)–C–C–N with tert-alkyl or cyclic N) is 1. The number of ether oxygens (including phenoxy) is 1. The van der Waals surface area contributed by atoms with E-state index in [-0.39, 0.29) is 6.10 Å². The number of aliphatic hydroxyl groups is 1. The first kappa shape index (κ1) is 14.9. The maximum Gasteiger partial charge on any atom is 0.0791 e. The normalized spacial score (nSPS) is 23.8. The molecule has 4 nitrogen and oxygen atoms in total. The monoisotopic (exact) mass is 244 g/mol. The Morgan fingerprint density at radius 2 is 2.29 bits per heavy atom. The van der Waals surface area contributed by atoms with E-state index in [1.165, 1.54) is 6.42 Å². The van der Waals surface area contributed by atoms with Crippen LogP contribution in [0.1, 0.15) is 33.1 Å². The highest BCUT2D eigenvalue weighted by atomic mass is 16.5. The van der Waals surface area contributed by atoms with Crippen LogP contribution in [0.3, 0.4) is 0 Å². The molecule has 2 atom stereocenters. The van der Waals surface area contributed by atoms with E-state index in [1.54, 1.807) is 0 Å². The largest absolute Gasteiger partial charge is 0.390 e. The number of hydrogen-bond donors (Lipinski definition) is 2. The molecule has 1 saturated heterocycles. The van der Waals surface area contributed by atoms with Crippen molar-refractivity contribution in [1.82, 2.24) is 10.2 Å². The molecule has 1 rings (SSSR count). The number of rotatable bonds is 8.